The van der Waals surface area contributed by atoms with Crippen LogP contribution in [0, 0.1) is 12.3 Å². The van der Waals surface area contributed by atoms with Crippen LogP contribution in [0.2, 0.25) is 0 Å². The van der Waals surface area contributed by atoms with Crippen LogP contribution in [0.25, 0.3) is 10.9 Å². The summed E-state index contributed by atoms with van der Waals surface area (Å²) in [6.45, 7) is 13.6. The Labute approximate surface area is 162 Å². The Bertz CT molecular complexity index is 794. The molecular formula is C22H33N3O2. The van der Waals surface area contributed by atoms with Crippen molar-refractivity contribution < 1.29 is 9.84 Å². The van der Waals surface area contributed by atoms with Gasteiger partial charge in [0.05, 0.1) is 18.8 Å². The lowest BCUT2D eigenvalue weighted by molar-refractivity contribution is -0.141. The zero-order valence-electron chi connectivity index (χ0n) is 16.9. The molecule has 1 aromatic carbocycles. The van der Waals surface area contributed by atoms with Crippen molar-refractivity contribution in [3.63, 3.8) is 0 Å². The van der Waals surface area contributed by atoms with E-state index in [4.69, 9.17) is 4.74 Å². The molecule has 4 rings (SSSR count). The summed E-state index contributed by atoms with van der Waals surface area (Å²) in [4.78, 5) is 8.45. The van der Waals surface area contributed by atoms with Crippen molar-refractivity contribution in [3.05, 3.63) is 35.5 Å². The first-order valence-electron chi connectivity index (χ1n) is 10.2. The van der Waals surface area contributed by atoms with Crippen LogP contribution in [0.1, 0.15) is 31.5 Å². The third kappa shape index (κ3) is 3.66. The number of nitrogens with one attached hydrogen (secondary N) is 1. The van der Waals surface area contributed by atoms with E-state index in [-0.39, 0.29) is 5.41 Å². The number of aromatic amines is 1. The molecule has 0 saturated carbocycles. The number of nitrogens with zero attached hydrogens (tertiary/aromatic N) is 2. The van der Waals surface area contributed by atoms with Crippen molar-refractivity contribution in [2.45, 2.75) is 39.3 Å². The third-order valence-electron chi connectivity index (χ3n) is 6.76. The Kier molecular flexibility index (Phi) is 5.06. The number of β-amino-alcohol motifs (C(OH)–C–C–N with tert-alkyl or cyclic N) is 1. The second-order valence-corrected chi connectivity index (χ2v) is 9.04. The van der Waals surface area contributed by atoms with Crippen molar-refractivity contribution in [1.82, 2.24) is 14.8 Å². The summed E-state index contributed by atoms with van der Waals surface area (Å²) in [6, 6.07) is 8.51. The number of fused-ring (bicyclic) bond motifs is 1. The van der Waals surface area contributed by atoms with Crippen molar-refractivity contribution in [1.29, 1.82) is 0 Å². The first-order valence-corrected chi connectivity index (χ1v) is 10.2. The molecule has 0 aliphatic carbocycles. The highest BCUT2D eigenvalue weighted by Crippen LogP contribution is 2.40. The maximum atomic E-state index is 11.5. The number of aromatic nitrogens is 1. The monoisotopic (exact) mass is 371 g/mol. The van der Waals surface area contributed by atoms with Crippen LogP contribution >= 0.6 is 0 Å². The number of morpholine rings is 1. The number of ether oxygens (including phenoxy) is 1. The molecule has 1 atom stereocenters. The predicted molar refractivity (Wildman–Crippen MR) is 109 cm³/mol. The quantitative estimate of drug-likeness (QED) is 0.868. The molecule has 0 amide bonds. The van der Waals surface area contributed by atoms with Crippen LogP contribution in [0.5, 0.6) is 0 Å². The highest BCUT2D eigenvalue weighted by atomic mass is 16.5. The Morgan fingerprint density at radius 2 is 1.85 bits per heavy atom. The van der Waals surface area contributed by atoms with E-state index >= 15 is 0 Å². The molecular weight excluding hydrogens is 338 g/mol. The van der Waals surface area contributed by atoms with Crippen molar-refractivity contribution in [2.24, 2.45) is 5.41 Å². The SMILES string of the molecule is Cc1c(CN2CCC(O)(CN3CCOCC3)C(C)(C)C2)[nH]c2ccccc12. The summed E-state index contributed by atoms with van der Waals surface area (Å²) in [7, 11) is 0. The van der Waals surface area contributed by atoms with E-state index in [0.717, 1.165) is 58.9 Å². The number of aliphatic hydroxyl groups is 1. The smallest absolute Gasteiger partial charge is 0.0849 e. The fourth-order valence-electron chi connectivity index (χ4n) is 4.74. The van der Waals surface area contributed by atoms with E-state index in [2.05, 4.69) is 59.8 Å². The second kappa shape index (κ2) is 7.21. The highest BCUT2D eigenvalue weighted by molar-refractivity contribution is 5.84. The minimum Gasteiger partial charge on any atom is -0.388 e. The van der Waals surface area contributed by atoms with E-state index in [1.54, 1.807) is 0 Å². The summed E-state index contributed by atoms with van der Waals surface area (Å²) in [5.74, 6) is 0. The van der Waals surface area contributed by atoms with Crippen molar-refractivity contribution in [2.75, 3.05) is 45.9 Å². The van der Waals surface area contributed by atoms with Gasteiger partial charge in [-0.3, -0.25) is 9.80 Å². The number of hydrogen-bond acceptors (Lipinski definition) is 4. The Morgan fingerprint density at radius 1 is 1.11 bits per heavy atom. The number of rotatable bonds is 4. The summed E-state index contributed by atoms with van der Waals surface area (Å²) >= 11 is 0. The van der Waals surface area contributed by atoms with Crippen LogP contribution < -0.4 is 0 Å². The molecule has 3 heterocycles. The highest BCUT2D eigenvalue weighted by Gasteiger charge is 2.48. The van der Waals surface area contributed by atoms with Gasteiger partial charge in [0.15, 0.2) is 0 Å². The van der Waals surface area contributed by atoms with E-state index in [0.29, 0.717) is 0 Å². The maximum absolute atomic E-state index is 11.5. The lowest BCUT2D eigenvalue weighted by Gasteiger charge is -2.52. The lowest BCUT2D eigenvalue weighted by atomic mass is 9.69. The fraction of sp³-hybridized carbons (Fsp3) is 0.636. The van der Waals surface area contributed by atoms with Crippen LogP contribution in [-0.4, -0.2) is 71.4 Å². The van der Waals surface area contributed by atoms with E-state index in [1.165, 1.54) is 22.2 Å². The topological polar surface area (TPSA) is 51.7 Å². The molecule has 2 fully saturated rings. The number of hydrogen-bond donors (Lipinski definition) is 2. The van der Waals surface area contributed by atoms with E-state index < -0.39 is 5.60 Å². The maximum Gasteiger partial charge on any atom is 0.0849 e. The lowest BCUT2D eigenvalue weighted by Crippen LogP contribution is -2.62. The van der Waals surface area contributed by atoms with Gasteiger partial charge in [-0.1, -0.05) is 32.0 Å². The van der Waals surface area contributed by atoms with E-state index in [9.17, 15) is 5.11 Å². The second-order valence-electron chi connectivity index (χ2n) is 9.04. The van der Waals surface area contributed by atoms with Crippen LogP contribution in [-0.2, 0) is 11.3 Å². The molecule has 2 aliphatic rings. The Hall–Kier alpha value is -1.40. The summed E-state index contributed by atoms with van der Waals surface area (Å²) in [5, 5.41) is 12.8. The summed E-state index contributed by atoms with van der Waals surface area (Å²) in [6.07, 6.45) is 0.816. The summed E-state index contributed by atoms with van der Waals surface area (Å²) < 4.78 is 5.46. The fourth-order valence-corrected chi connectivity index (χ4v) is 4.74. The molecule has 1 aromatic heterocycles. The number of aryl methyl sites for hydroxylation is 1. The van der Waals surface area contributed by atoms with E-state index in [1.807, 2.05) is 0 Å². The summed E-state index contributed by atoms with van der Waals surface area (Å²) in [5.41, 5.74) is 3.06. The van der Waals surface area contributed by atoms with Gasteiger partial charge in [-0.15, -0.1) is 0 Å². The number of likely N-dealkylation sites (tertiary alicyclic amines) is 1. The average Bonchev–Trinajstić information content (AvgIpc) is 2.95. The predicted octanol–water partition coefficient (Wildman–Crippen LogP) is 2.77. The molecule has 2 aliphatic heterocycles. The minimum atomic E-state index is -0.643. The van der Waals surface area contributed by atoms with Gasteiger partial charge in [-0.25, -0.2) is 0 Å². The largest absolute Gasteiger partial charge is 0.388 e. The first-order chi connectivity index (χ1) is 12.9. The molecule has 2 saturated heterocycles. The molecule has 27 heavy (non-hydrogen) atoms. The van der Waals surface area contributed by atoms with Crippen molar-refractivity contribution >= 4 is 10.9 Å². The number of piperidine rings is 1. The Balaban J connectivity index is 1.45. The van der Waals surface area contributed by atoms with Gasteiger partial charge < -0.3 is 14.8 Å². The molecule has 0 radical (unpaired) electrons. The first kappa shape index (κ1) is 18.9. The Morgan fingerprint density at radius 3 is 2.56 bits per heavy atom. The van der Waals surface area contributed by atoms with Gasteiger partial charge in [0, 0.05) is 61.3 Å². The van der Waals surface area contributed by atoms with Gasteiger partial charge >= 0.3 is 0 Å². The van der Waals surface area contributed by atoms with Crippen molar-refractivity contribution in [3.8, 4) is 0 Å². The van der Waals surface area contributed by atoms with Gasteiger partial charge in [0.2, 0.25) is 0 Å². The standard InChI is InChI=1S/C22H33N3O2/c1-17-18-6-4-5-7-19(18)23-20(17)14-25-9-8-22(26,21(2,3)15-25)16-24-10-12-27-13-11-24/h4-7,23,26H,8-16H2,1-3H3. The number of para-hydroxylation sites is 1. The molecule has 2 aromatic rings. The van der Waals surface area contributed by atoms with Crippen LogP contribution in [0.4, 0.5) is 0 Å². The van der Waals surface area contributed by atoms with Crippen LogP contribution in [0.15, 0.2) is 24.3 Å². The molecule has 5 nitrogen and oxygen atoms in total. The molecule has 0 spiro atoms. The number of H-pyrrole nitrogens is 1. The third-order valence-corrected chi connectivity index (χ3v) is 6.76. The molecule has 1 unspecified atom stereocenters. The van der Waals surface area contributed by atoms with Crippen LogP contribution in [0.3, 0.4) is 0 Å². The number of benzene rings is 1. The average molecular weight is 372 g/mol. The molecule has 2 N–H and O–H groups in total. The molecule has 0 bridgehead atoms. The molecule has 5 heteroatoms. The minimum absolute atomic E-state index is 0.149. The zero-order chi connectivity index (χ0) is 19.1. The van der Waals surface area contributed by atoms with Gasteiger partial charge in [-0.2, -0.15) is 0 Å². The van der Waals surface area contributed by atoms with Gasteiger partial charge in [0.1, 0.15) is 0 Å². The normalized spacial score (nSPS) is 27.3. The molecule has 148 valence electrons. The van der Waals surface area contributed by atoms with Gasteiger partial charge in [0.25, 0.3) is 0 Å². The van der Waals surface area contributed by atoms with Gasteiger partial charge in [-0.05, 0) is 25.0 Å². The zero-order valence-corrected chi connectivity index (χ0v) is 16.9.